The first kappa shape index (κ1) is 16.8. The second-order valence-corrected chi connectivity index (χ2v) is 7.63. The summed E-state index contributed by atoms with van der Waals surface area (Å²) in [6.07, 6.45) is 0.715. The molecular formula is C20H27N3O2. The monoisotopic (exact) mass is 341 g/mol. The fourth-order valence-electron chi connectivity index (χ4n) is 4.31. The van der Waals surface area contributed by atoms with E-state index in [2.05, 4.69) is 47.9 Å². The number of ether oxygens (including phenoxy) is 1. The van der Waals surface area contributed by atoms with Gasteiger partial charge in [-0.1, -0.05) is 12.1 Å². The molecule has 1 N–H and O–H groups in total. The molecule has 0 bridgehead atoms. The number of methoxy groups -OCH3 is 1. The molecule has 0 radical (unpaired) electrons. The predicted octanol–water partition coefficient (Wildman–Crippen LogP) is 2.19. The van der Waals surface area contributed by atoms with E-state index in [1.54, 1.807) is 7.11 Å². The molecule has 0 amide bonds. The van der Waals surface area contributed by atoms with Crippen LogP contribution in [-0.2, 0) is 6.54 Å². The molecule has 2 fully saturated rings. The normalized spacial score (nSPS) is 27.6. The predicted molar refractivity (Wildman–Crippen MR) is 98.9 cm³/mol. The number of nitrogens with zero attached hydrogens (tertiary/aromatic N) is 3. The fourth-order valence-corrected chi connectivity index (χ4v) is 4.31. The van der Waals surface area contributed by atoms with Gasteiger partial charge in [-0.05, 0) is 38.0 Å². The summed E-state index contributed by atoms with van der Waals surface area (Å²) in [5.41, 5.74) is 3.33. The van der Waals surface area contributed by atoms with Crippen LogP contribution in [0.25, 0.3) is 10.9 Å². The molecule has 2 aliphatic rings. The zero-order valence-electron chi connectivity index (χ0n) is 15.3. The van der Waals surface area contributed by atoms with Crippen molar-refractivity contribution >= 4 is 10.9 Å². The number of aryl methyl sites for hydroxylation is 1. The number of fused-ring (bicyclic) bond motifs is 2. The van der Waals surface area contributed by atoms with Gasteiger partial charge in [0.1, 0.15) is 0 Å². The molecule has 0 spiro atoms. The minimum absolute atomic E-state index is 0.169. The zero-order chi connectivity index (χ0) is 17.6. The van der Waals surface area contributed by atoms with E-state index < -0.39 is 0 Å². The van der Waals surface area contributed by atoms with Gasteiger partial charge in [0.25, 0.3) is 0 Å². The summed E-state index contributed by atoms with van der Waals surface area (Å²) in [6.45, 7) is 8.02. The molecule has 2 aliphatic heterocycles. The van der Waals surface area contributed by atoms with Crippen LogP contribution < -0.4 is 4.74 Å². The number of benzene rings is 1. The second kappa shape index (κ2) is 6.56. The first-order chi connectivity index (χ1) is 12.0. The molecule has 3 heterocycles. The standard InChI is InChI=1S/C20H27N3O2/c1-13-4-5-15-7-16(20(25-3)21-19(15)6-13)10-22-11-17-8-18(24)12-23(17)9-14(22)2/h4-7,14,17-18,24H,8-12H2,1-3H3/t14-,17+,18+/m0/s1. The molecule has 0 unspecified atom stereocenters. The first-order valence-electron chi connectivity index (χ1n) is 9.14. The van der Waals surface area contributed by atoms with Crippen LogP contribution in [0.1, 0.15) is 24.5 Å². The summed E-state index contributed by atoms with van der Waals surface area (Å²) in [7, 11) is 1.70. The first-order valence-corrected chi connectivity index (χ1v) is 9.14. The molecule has 2 aromatic rings. The lowest BCUT2D eigenvalue weighted by atomic mass is 10.1. The Bertz CT molecular complexity index is 779. The van der Waals surface area contributed by atoms with E-state index in [-0.39, 0.29) is 6.10 Å². The molecule has 25 heavy (non-hydrogen) atoms. The molecule has 1 aromatic carbocycles. The summed E-state index contributed by atoms with van der Waals surface area (Å²) >= 11 is 0. The molecule has 134 valence electrons. The highest BCUT2D eigenvalue weighted by Crippen LogP contribution is 2.29. The maximum atomic E-state index is 9.95. The average molecular weight is 341 g/mol. The summed E-state index contributed by atoms with van der Waals surface area (Å²) in [5.74, 6) is 0.721. The van der Waals surface area contributed by atoms with Crippen molar-refractivity contribution in [2.75, 3.05) is 26.7 Å². The third kappa shape index (κ3) is 3.24. The molecule has 0 saturated carbocycles. The summed E-state index contributed by atoms with van der Waals surface area (Å²) < 4.78 is 5.59. The van der Waals surface area contributed by atoms with E-state index in [0.717, 1.165) is 54.9 Å². The summed E-state index contributed by atoms with van der Waals surface area (Å²) in [6, 6.07) is 9.50. The average Bonchev–Trinajstić information content (AvgIpc) is 2.93. The number of hydrogen-bond donors (Lipinski definition) is 1. The van der Waals surface area contributed by atoms with Crippen molar-refractivity contribution in [3.63, 3.8) is 0 Å². The van der Waals surface area contributed by atoms with Crippen molar-refractivity contribution in [3.8, 4) is 5.88 Å². The molecule has 1 aromatic heterocycles. The van der Waals surface area contributed by atoms with E-state index in [9.17, 15) is 5.11 Å². The van der Waals surface area contributed by atoms with Crippen LogP contribution in [0.5, 0.6) is 5.88 Å². The number of rotatable bonds is 3. The van der Waals surface area contributed by atoms with Crippen molar-refractivity contribution in [1.82, 2.24) is 14.8 Å². The van der Waals surface area contributed by atoms with Gasteiger partial charge >= 0.3 is 0 Å². The van der Waals surface area contributed by atoms with Crippen molar-refractivity contribution in [2.45, 2.75) is 45.0 Å². The number of aliphatic hydroxyl groups is 1. The highest BCUT2D eigenvalue weighted by atomic mass is 16.5. The van der Waals surface area contributed by atoms with Gasteiger partial charge in [-0.2, -0.15) is 0 Å². The van der Waals surface area contributed by atoms with Crippen LogP contribution in [0.3, 0.4) is 0 Å². The summed E-state index contributed by atoms with van der Waals surface area (Å²) in [4.78, 5) is 9.66. The Morgan fingerprint density at radius 1 is 1.24 bits per heavy atom. The van der Waals surface area contributed by atoms with Crippen LogP contribution in [0.2, 0.25) is 0 Å². The number of pyridine rings is 1. The van der Waals surface area contributed by atoms with Crippen LogP contribution >= 0.6 is 0 Å². The Balaban J connectivity index is 1.60. The molecule has 3 atom stereocenters. The van der Waals surface area contributed by atoms with Gasteiger partial charge in [0.15, 0.2) is 0 Å². The van der Waals surface area contributed by atoms with Crippen LogP contribution in [0.15, 0.2) is 24.3 Å². The van der Waals surface area contributed by atoms with E-state index >= 15 is 0 Å². The number of aliphatic hydroxyl groups excluding tert-OH is 1. The minimum atomic E-state index is -0.169. The fraction of sp³-hybridized carbons (Fsp3) is 0.550. The van der Waals surface area contributed by atoms with E-state index in [4.69, 9.17) is 9.72 Å². The van der Waals surface area contributed by atoms with Crippen molar-refractivity contribution in [1.29, 1.82) is 0 Å². The van der Waals surface area contributed by atoms with Crippen LogP contribution in [-0.4, -0.2) is 64.8 Å². The molecule has 4 rings (SSSR count). The molecule has 2 saturated heterocycles. The highest BCUT2D eigenvalue weighted by molar-refractivity contribution is 5.80. The second-order valence-electron chi connectivity index (χ2n) is 7.63. The maximum Gasteiger partial charge on any atom is 0.218 e. The van der Waals surface area contributed by atoms with Gasteiger partial charge in [-0.25, -0.2) is 4.98 Å². The lowest BCUT2D eigenvalue weighted by Crippen LogP contribution is -2.54. The Hall–Kier alpha value is -1.69. The van der Waals surface area contributed by atoms with E-state index in [0.29, 0.717) is 12.1 Å². The Kier molecular flexibility index (Phi) is 4.40. The number of piperazine rings is 1. The highest BCUT2D eigenvalue weighted by Gasteiger charge is 2.38. The smallest absolute Gasteiger partial charge is 0.218 e. The van der Waals surface area contributed by atoms with Crippen molar-refractivity contribution in [3.05, 3.63) is 35.4 Å². The topological polar surface area (TPSA) is 48.8 Å². The SMILES string of the molecule is COc1nc2cc(C)ccc2cc1CN1C[C@H]2C[C@@H](O)CN2C[C@@H]1C. The zero-order valence-corrected chi connectivity index (χ0v) is 15.3. The van der Waals surface area contributed by atoms with E-state index in [1.165, 1.54) is 5.56 Å². The summed E-state index contributed by atoms with van der Waals surface area (Å²) in [5, 5.41) is 11.1. The van der Waals surface area contributed by atoms with E-state index in [1.807, 2.05) is 0 Å². The van der Waals surface area contributed by atoms with Gasteiger partial charge in [-0.3, -0.25) is 9.80 Å². The third-order valence-electron chi connectivity index (χ3n) is 5.65. The quantitative estimate of drug-likeness (QED) is 0.927. The molecule has 5 nitrogen and oxygen atoms in total. The van der Waals surface area contributed by atoms with Gasteiger partial charge in [0, 0.05) is 49.2 Å². The molecule has 5 heteroatoms. The maximum absolute atomic E-state index is 9.95. The van der Waals surface area contributed by atoms with Gasteiger partial charge in [0.05, 0.1) is 18.7 Å². The third-order valence-corrected chi connectivity index (χ3v) is 5.65. The van der Waals surface area contributed by atoms with Crippen molar-refractivity contribution < 1.29 is 9.84 Å². The number of hydrogen-bond acceptors (Lipinski definition) is 5. The largest absolute Gasteiger partial charge is 0.481 e. The Morgan fingerprint density at radius 2 is 2.08 bits per heavy atom. The Morgan fingerprint density at radius 3 is 2.88 bits per heavy atom. The molecule has 0 aliphatic carbocycles. The number of aromatic nitrogens is 1. The lowest BCUT2D eigenvalue weighted by molar-refractivity contribution is 0.0523. The minimum Gasteiger partial charge on any atom is -0.481 e. The van der Waals surface area contributed by atoms with Crippen LogP contribution in [0, 0.1) is 6.92 Å². The van der Waals surface area contributed by atoms with Crippen molar-refractivity contribution in [2.24, 2.45) is 0 Å². The van der Waals surface area contributed by atoms with Gasteiger partial charge in [0.2, 0.25) is 5.88 Å². The molecular weight excluding hydrogens is 314 g/mol. The Labute approximate surface area is 149 Å². The van der Waals surface area contributed by atoms with Gasteiger partial charge in [-0.15, -0.1) is 0 Å². The lowest BCUT2D eigenvalue weighted by Gasteiger charge is -2.42. The van der Waals surface area contributed by atoms with Gasteiger partial charge < -0.3 is 9.84 Å². The van der Waals surface area contributed by atoms with Crippen LogP contribution in [0.4, 0.5) is 0 Å².